The first-order valence-electron chi connectivity index (χ1n) is 6.12. The summed E-state index contributed by atoms with van der Waals surface area (Å²) in [6.45, 7) is 0. The van der Waals surface area contributed by atoms with E-state index in [4.69, 9.17) is 0 Å². The number of aliphatic carboxylic acids is 1. The summed E-state index contributed by atoms with van der Waals surface area (Å²) in [5, 5.41) is 9.19. The average Bonchev–Trinajstić information content (AvgIpc) is 2.39. The quantitative estimate of drug-likeness (QED) is 0.869. The molecule has 0 amide bonds. The largest absolute Gasteiger partial charge is 0.481 e. The second kappa shape index (κ2) is 5.65. The molecule has 18 heavy (non-hydrogen) atoms. The van der Waals surface area contributed by atoms with Gasteiger partial charge in [0.15, 0.2) is 5.78 Å². The molecule has 1 N–H and O–H groups in total. The fourth-order valence-corrected chi connectivity index (χ4v) is 2.83. The number of hydrogen-bond donors (Lipinski definition) is 1. The third-order valence-electron chi connectivity index (χ3n) is 3.55. The topological polar surface area (TPSA) is 54.4 Å². The summed E-state index contributed by atoms with van der Waals surface area (Å²) in [7, 11) is 0. The Morgan fingerprint density at radius 3 is 2.17 bits per heavy atom. The molecule has 1 aliphatic rings. The van der Waals surface area contributed by atoms with E-state index in [-0.39, 0.29) is 11.7 Å². The summed E-state index contributed by atoms with van der Waals surface area (Å²) in [5.74, 6) is -1.76. The number of carbonyl (C=O) groups is 2. The molecule has 1 aromatic rings. The molecule has 1 aromatic carbocycles. The maximum atomic E-state index is 12.3. The van der Waals surface area contributed by atoms with Crippen molar-refractivity contribution in [1.82, 2.24) is 0 Å². The molecule has 3 nitrogen and oxygen atoms in total. The number of Topliss-reactive ketones (excluding diaryl/α,β-unsaturated/α-hetero) is 1. The maximum absolute atomic E-state index is 12.3. The zero-order valence-corrected chi connectivity index (χ0v) is 11.5. The van der Waals surface area contributed by atoms with E-state index < -0.39 is 11.9 Å². The van der Waals surface area contributed by atoms with E-state index in [1.54, 1.807) is 12.1 Å². The van der Waals surface area contributed by atoms with Crippen LogP contribution in [0, 0.1) is 11.8 Å². The molecule has 4 heteroatoms. The van der Waals surface area contributed by atoms with Crippen LogP contribution >= 0.6 is 15.9 Å². The second-order valence-corrected chi connectivity index (χ2v) is 5.62. The van der Waals surface area contributed by atoms with Crippen LogP contribution in [0.5, 0.6) is 0 Å². The van der Waals surface area contributed by atoms with Crippen LogP contribution in [0.2, 0.25) is 0 Å². The molecule has 96 valence electrons. The van der Waals surface area contributed by atoms with Crippen molar-refractivity contribution < 1.29 is 14.7 Å². The normalized spacial score (nSPS) is 23.6. The molecule has 0 aromatic heterocycles. The van der Waals surface area contributed by atoms with Crippen molar-refractivity contribution in [2.24, 2.45) is 11.8 Å². The van der Waals surface area contributed by atoms with E-state index in [9.17, 15) is 14.7 Å². The molecule has 1 fully saturated rings. The molecule has 0 bridgehead atoms. The Bertz CT molecular complexity index is 453. The van der Waals surface area contributed by atoms with Gasteiger partial charge >= 0.3 is 5.97 Å². The number of rotatable bonds is 3. The molecule has 0 aliphatic heterocycles. The van der Waals surface area contributed by atoms with Crippen molar-refractivity contribution in [1.29, 1.82) is 0 Å². The smallest absolute Gasteiger partial charge is 0.307 e. The highest BCUT2D eigenvalue weighted by atomic mass is 79.9. The third-order valence-corrected chi connectivity index (χ3v) is 4.08. The number of halogens is 1. The van der Waals surface area contributed by atoms with Crippen molar-refractivity contribution in [3.8, 4) is 0 Å². The molecule has 1 aliphatic carbocycles. The van der Waals surface area contributed by atoms with E-state index >= 15 is 0 Å². The maximum Gasteiger partial charge on any atom is 0.307 e. The summed E-state index contributed by atoms with van der Waals surface area (Å²) >= 11 is 3.32. The minimum atomic E-state index is -0.842. The zero-order chi connectivity index (χ0) is 13.1. The fraction of sp³-hybridized carbons (Fsp3) is 0.429. The zero-order valence-electron chi connectivity index (χ0n) is 9.93. The molecule has 0 spiro atoms. The Morgan fingerprint density at radius 2 is 1.61 bits per heavy atom. The lowest BCUT2D eigenvalue weighted by Crippen LogP contribution is -2.32. The summed E-state index contributed by atoms with van der Waals surface area (Å²) in [4.78, 5) is 23.5. The number of carbonyl (C=O) groups excluding carboxylic acids is 1. The van der Waals surface area contributed by atoms with Crippen LogP contribution in [-0.2, 0) is 4.79 Å². The SMILES string of the molecule is O=C(O)C1CCCCC1C(=O)c1ccc(Br)cc1. The van der Waals surface area contributed by atoms with E-state index in [0.29, 0.717) is 18.4 Å². The van der Waals surface area contributed by atoms with Crippen LogP contribution in [-0.4, -0.2) is 16.9 Å². The fourth-order valence-electron chi connectivity index (χ4n) is 2.57. The third kappa shape index (κ3) is 2.80. The highest BCUT2D eigenvalue weighted by Crippen LogP contribution is 2.33. The number of carboxylic acid groups (broad SMARTS) is 1. The minimum Gasteiger partial charge on any atom is -0.481 e. The van der Waals surface area contributed by atoms with Crippen LogP contribution < -0.4 is 0 Å². The monoisotopic (exact) mass is 310 g/mol. The Kier molecular flexibility index (Phi) is 4.17. The molecule has 2 rings (SSSR count). The highest BCUT2D eigenvalue weighted by molar-refractivity contribution is 9.10. The van der Waals surface area contributed by atoms with Gasteiger partial charge in [0.25, 0.3) is 0 Å². The van der Waals surface area contributed by atoms with Crippen molar-refractivity contribution in [3.63, 3.8) is 0 Å². The predicted octanol–water partition coefficient (Wildman–Crippen LogP) is 3.52. The lowest BCUT2D eigenvalue weighted by atomic mass is 9.75. The number of benzene rings is 1. The van der Waals surface area contributed by atoms with Crippen molar-refractivity contribution in [3.05, 3.63) is 34.3 Å². The van der Waals surface area contributed by atoms with Crippen molar-refractivity contribution in [2.75, 3.05) is 0 Å². The van der Waals surface area contributed by atoms with E-state index in [2.05, 4.69) is 15.9 Å². The molecule has 0 heterocycles. The standard InChI is InChI=1S/C14H15BrO3/c15-10-7-5-9(6-8-10)13(16)11-3-1-2-4-12(11)14(17)18/h5-8,11-12H,1-4H2,(H,17,18). The van der Waals surface area contributed by atoms with E-state index in [0.717, 1.165) is 17.3 Å². The van der Waals surface area contributed by atoms with Crippen LogP contribution in [0.15, 0.2) is 28.7 Å². The number of ketones is 1. The van der Waals surface area contributed by atoms with Gasteiger partial charge in [0.1, 0.15) is 0 Å². The first-order valence-corrected chi connectivity index (χ1v) is 6.91. The summed E-state index contributed by atoms with van der Waals surface area (Å²) in [6, 6.07) is 7.12. The molecule has 2 unspecified atom stereocenters. The van der Waals surface area contributed by atoms with E-state index in [1.165, 1.54) is 0 Å². The van der Waals surface area contributed by atoms with Crippen LogP contribution in [0.25, 0.3) is 0 Å². The van der Waals surface area contributed by atoms with Crippen LogP contribution in [0.3, 0.4) is 0 Å². The second-order valence-electron chi connectivity index (χ2n) is 4.71. The molecule has 0 saturated heterocycles. The Hall–Kier alpha value is -1.16. The Balaban J connectivity index is 2.20. The van der Waals surface area contributed by atoms with Gasteiger partial charge in [-0.05, 0) is 25.0 Å². The summed E-state index contributed by atoms with van der Waals surface area (Å²) in [6.07, 6.45) is 3.14. The van der Waals surface area contributed by atoms with Gasteiger partial charge in [-0.2, -0.15) is 0 Å². The van der Waals surface area contributed by atoms with Crippen molar-refractivity contribution >= 4 is 27.7 Å². The van der Waals surface area contributed by atoms with Gasteiger partial charge in [0, 0.05) is 16.0 Å². The van der Waals surface area contributed by atoms with Gasteiger partial charge in [-0.3, -0.25) is 9.59 Å². The highest BCUT2D eigenvalue weighted by Gasteiger charge is 2.35. The van der Waals surface area contributed by atoms with Gasteiger partial charge in [0.05, 0.1) is 5.92 Å². The average molecular weight is 311 g/mol. The molecule has 1 saturated carbocycles. The van der Waals surface area contributed by atoms with Crippen molar-refractivity contribution in [2.45, 2.75) is 25.7 Å². The lowest BCUT2D eigenvalue weighted by Gasteiger charge is -2.27. The molecule has 0 radical (unpaired) electrons. The van der Waals surface area contributed by atoms with Crippen LogP contribution in [0.1, 0.15) is 36.0 Å². The first kappa shape index (κ1) is 13.3. The predicted molar refractivity (Wildman–Crippen MR) is 71.6 cm³/mol. The Labute approximate surface area is 114 Å². The lowest BCUT2D eigenvalue weighted by molar-refractivity contribution is -0.144. The molecule has 2 atom stereocenters. The minimum absolute atomic E-state index is 0.0328. The first-order chi connectivity index (χ1) is 8.59. The summed E-state index contributed by atoms with van der Waals surface area (Å²) in [5.41, 5.74) is 0.608. The number of hydrogen-bond acceptors (Lipinski definition) is 2. The van der Waals surface area contributed by atoms with Gasteiger partial charge in [-0.15, -0.1) is 0 Å². The van der Waals surface area contributed by atoms with Gasteiger partial charge < -0.3 is 5.11 Å². The van der Waals surface area contributed by atoms with Gasteiger partial charge in [-0.25, -0.2) is 0 Å². The Morgan fingerprint density at radius 1 is 1.06 bits per heavy atom. The van der Waals surface area contributed by atoms with E-state index in [1.807, 2.05) is 12.1 Å². The van der Waals surface area contributed by atoms with Gasteiger partial charge in [-0.1, -0.05) is 40.9 Å². The molecular formula is C14H15BrO3. The van der Waals surface area contributed by atoms with Gasteiger partial charge in [0.2, 0.25) is 0 Å². The molecular weight excluding hydrogens is 296 g/mol. The number of carboxylic acids is 1. The van der Waals surface area contributed by atoms with Crippen LogP contribution in [0.4, 0.5) is 0 Å². The summed E-state index contributed by atoms with van der Waals surface area (Å²) < 4.78 is 0.914.